The van der Waals surface area contributed by atoms with Crippen molar-refractivity contribution < 1.29 is 4.74 Å². The lowest BCUT2D eigenvalue weighted by Gasteiger charge is -2.08. The molecule has 126 valence electrons. The molecule has 0 fully saturated rings. The minimum absolute atomic E-state index is 0.394. The van der Waals surface area contributed by atoms with Crippen molar-refractivity contribution in [2.45, 2.75) is 13.8 Å². The third kappa shape index (κ3) is 3.63. The lowest BCUT2D eigenvalue weighted by Crippen LogP contribution is -1.94. The van der Waals surface area contributed by atoms with Crippen molar-refractivity contribution in [3.05, 3.63) is 57.3 Å². The Balaban J connectivity index is 2.04. The van der Waals surface area contributed by atoms with Crippen LogP contribution in [0.4, 0.5) is 0 Å². The van der Waals surface area contributed by atoms with Crippen molar-refractivity contribution in [1.82, 2.24) is 9.97 Å². The lowest BCUT2D eigenvalue weighted by molar-refractivity contribution is 0.340. The zero-order valence-corrected chi connectivity index (χ0v) is 15.2. The van der Waals surface area contributed by atoms with Crippen LogP contribution in [0.2, 0.25) is 10.0 Å². The quantitative estimate of drug-likeness (QED) is 0.603. The predicted molar refractivity (Wildman–Crippen MR) is 102 cm³/mol. The summed E-state index contributed by atoms with van der Waals surface area (Å²) in [7, 11) is 0. The van der Waals surface area contributed by atoms with E-state index in [-0.39, 0.29) is 0 Å². The van der Waals surface area contributed by atoms with E-state index in [1.807, 2.05) is 32.0 Å². The summed E-state index contributed by atoms with van der Waals surface area (Å²) < 4.78 is 5.42. The molecule has 0 bridgehead atoms. The normalized spacial score (nSPS) is 11.6. The Labute approximate surface area is 155 Å². The molecule has 6 heteroatoms. The summed E-state index contributed by atoms with van der Waals surface area (Å²) in [6.45, 7) is 4.33. The highest BCUT2D eigenvalue weighted by Crippen LogP contribution is 2.35. The Bertz CT molecular complexity index is 992. The van der Waals surface area contributed by atoms with Crippen molar-refractivity contribution in [3.63, 3.8) is 0 Å². The van der Waals surface area contributed by atoms with E-state index in [1.54, 1.807) is 18.2 Å². The molecule has 0 aliphatic rings. The molecular formula is C19H15Cl2N3O. The molecule has 0 unspecified atom stereocenters. The highest BCUT2D eigenvalue weighted by atomic mass is 35.5. The molecular weight excluding hydrogens is 357 g/mol. The average Bonchev–Trinajstić information content (AvgIpc) is 2.98. The van der Waals surface area contributed by atoms with Crippen LogP contribution in [0.25, 0.3) is 22.7 Å². The van der Waals surface area contributed by atoms with Crippen molar-refractivity contribution in [2.75, 3.05) is 6.61 Å². The van der Waals surface area contributed by atoms with Gasteiger partial charge >= 0.3 is 0 Å². The van der Waals surface area contributed by atoms with Crippen LogP contribution in [-0.4, -0.2) is 16.6 Å². The van der Waals surface area contributed by atoms with Gasteiger partial charge < -0.3 is 9.72 Å². The number of nitrogens with zero attached hydrogens (tertiary/aromatic N) is 2. The largest absolute Gasteiger partial charge is 0.491 e. The third-order valence-electron chi connectivity index (χ3n) is 3.63. The van der Waals surface area contributed by atoms with Gasteiger partial charge in [0.1, 0.15) is 11.9 Å². The number of allylic oxidation sites excluding steroid dienone is 1. The third-order valence-corrected chi connectivity index (χ3v) is 4.19. The number of halogens is 2. The van der Waals surface area contributed by atoms with Crippen molar-refractivity contribution in [2.24, 2.45) is 0 Å². The first-order chi connectivity index (χ1) is 12.0. The van der Waals surface area contributed by atoms with E-state index in [4.69, 9.17) is 27.9 Å². The number of rotatable bonds is 4. The molecule has 0 aliphatic heterocycles. The number of benzene rings is 2. The van der Waals surface area contributed by atoms with E-state index < -0.39 is 0 Å². The monoisotopic (exact) mass is 371 g/mol. The molecule has 25 heavy (non-hydrogen) atoms. The second-order valence-electron chi connectivity index (χ2n) is 5.52. The number of aromatic amines is 1. The predicted octanol–water partition coefficient (Wildman–Crippen LogP) is 5.64. The fourth-order valence-electron chi connectivity index (χ4n) is 2.52. The van der Waals surface area contributed by atoms with E-state index in [0.717, 1.165) is 16.6 Å². The fraction of sp³-hybridized carbons (Fsp3) is 0.158. The van der Waals surface area contributed by atoms with Crippen molar-refractivity contribution in [3.8, 4) is 11.8 Å². The average molecular weight is 372 g/mol. The smallest absolute Gasteiger partial charge is 0.156 e. The van der Waals surface area contributed by atoms with Gasteiger partial charge in [-0.3, -0.25) is 0 Å². The molecule has 1 heterocycles. The molecule has 2 aromatic carbocycles. The number of nitrogens with one attached hydrogen (secondary N) is 1. The highest BCUT2D eigenvalue weighted by molar-refractivity contribution is 6.37. The summed E-state index contributed by atoms with van der Waals surface area (Å²) in [6, 6.07) is 11.5. The Morgan fingerprint density at radius 2 is 2.00 bits per heavy atom. The van der Waals surface area contributed by atoms with Gasteiger partial charge in [-0.15, -0.1) is 0 Å². The number of fused-ring (bicyclic) bond motifs is 1. The van der Waals surface area contributed by atoms with Crippen LogP contribution in [0, 0.1) is 18.3 Å². The number of imidazole rings is 1. The molecule has 0 amide bonds. The van der Waals surface area contributed by atoms with Crippen LogP contribution in [-0.2, 0) is 0 Å². The fourth-order valence-corrected chi connectivity index (χ4v) is 3.13. The van der Waals surface area contributed by atoms with Gasteiger partial charge in [-0.1, -0.05) is 29.3 Å². The van der Waals surface area contributed by atoms with Crippen molar-refractivity contribution in [1.29, 1.82) is 5.26 Å². The number of nitriles is 1. The topological polar surface area (TPSA) is 61.7 Å². The maximum absolute atomic E-state index is 9.53. The summed E-state index contributed by atoms with van der Waals surface area (Å²) in [5, 5.41) is 10.3. The molecule has 0 radical (unpaired) electrons. The summed E-state index contributed by atoms with van der Waals surface area (Å²) >= 11 is 12.4. The minimum atomic E-state index is 0.394. The first-order valence-corrected chi connectivity index (χ1v) is 8.47. The molecule has 1 aromatic heterocycles. The maximum Gasteiger partial charge on any atom is 0.156 e. The summed E-state index contributed by atoms with van der Waals surface area (Å²) in [4.78, 5) is 7.65. The number of hydrogen-bond acceptors (Lipinski definition) is 3. The zero-order valence-electron chi connectivity index (χ0n) is 13.7. The van der Waals surface area contributed by atoms with E-state index in [1.165, 1.54) is 0 Å². The van der Waals surface area contributed by atoms with Gasteiger partial charge in [0.15, 0.2) is 5.75 Å². The van der Waals surface area contributed by atoms with Gasteiger partial charge in [-0.2, -0.15) is 5.26 Å². The van der Waals surface area contributed by atoms with Gasteiger partial charge in [0, 0.05) is 0 Å². The maximum atomic E-state index is 9.53. The molecule has 0 atom stereocenters. The van der Waals surface area contributed by atoms with Crippen LogP contribution >= 0.6 is 23.2 Å². The Hall–Kier alpha value is -2.48. The van der Waals surface area contributed by atoms with Crippen LogP contribution in [0.15, 0.2) is 30.3 Å². The van der Waals surface area contributed by atoms with Crippen LogP contribution < -0.4 is 4.74 Å². The van der Waals surface area contributed by atoms with Gasteiger partial charge in [-0.05, 0) is 55.3 Å². The number of aromatic nitrogens is 2. The lowest BCUT2D eigenvalue weighted by atomic mass is 10.1. The minimum Gasteiger partial charge on any atom is -0.491 e. The van der Waals surface area contributed by atoms with Gasteiger partial charge in [0.2, 0.25) is 0 Å². The summed E-state index contributed by atoms with van der Waals surface area (Å²) in [6.07, 6.45) is 1.69. The number of H-pyrrole nitrogens is 1. The van der Waals surface area contributed by atoms with Gasteiger partial charge in [0.05, 0.1) is 33.3 Å². The van der Waals surface area contributed by atoms with Gasteiger partial charge in [-0.25, -0.2) is 4.98 Å². The Morgan fingerprint density at radius 3 is 2.64 bits per heavy atom. The molecule has 0 saturated carbocycles. The summed E-state index contributed by atoms with van der Waals surface area (Å²) in [5.41, 5.74) is 3.91. The van der Waals surface area contributed by atoms with E-state index in [0.29, 0.717) is 39.4 Å². The number of ether oxygens (including phenoxy) is 1. The number of aryl methyl sites for hydroxylation is 1. The number of hydrogen-bond donors (Lipinski definition) is 1. The van der Waals surface area contributed by atoms with Crippen LogP contribution in [0.1, 0.15) is 23.9 Å². The Kier molecular flexibility index (Phi) is 4.98. The van der Waals surface area contributed by atoms with E-state index in [2.05, 4.69) is 16.0 Å². The highest BCUT2D eigenvalue weighted by Gasteiger charge is 2.11. The molecule has 0 saturated heterocycles. The second kappa shape index (κ2) is 7.18. The first-order valence-electron chi connectivity index (χ1n) is 7.72. The molecule has 3 rings (SSSR count). The molecule has 0 spiro atoms. The molecule has 4 nitrogen and oxygen atoms in total. The molecule has 1 N–H and O–H groups in total. The SMILES string of the molecule is CCOc1c(Cl)cc(/C=C(\C#N)c2nc3ccc(C)cc3[nH]2)cc1Cl. The first kappa shape index (κ1) is 17.3. The van der Waals surface area contributed by atoms with Gasteiger partial charge in [0.25, 0.3) is 0 Å². The van der Waals surface area contributed by atoms with Crippen molar-refractivity contribution >= 4 is 45.9 Å². The second-order valence-corrected chi connectivity index (χ2v) is 6.34. The zero-order chi connectivity index (χ0) is 18.0. The summed E-state index contributed by atoms with van der Waals surface area (Å²) in [5.74, 6) is 0.949. The molecule has 0 aliphatic carbocycles. The molecule has 3 aromatic rings. The standard InChI is InChI=1S/C19H15Cl2N3O/c1-3-25-18-14(20)8-12(9-15(18)21)7-13(10-22)19-23-16-5-4-11(2)6-17(16)24-19/h4-9H,3H2,1-2H3,(H,23,24)/b13-7+. The van der Waals surface area contributed by atoms with Crippen LogP contribution in [0.5, 0.6) is 5.75 Å². The van der Waals surface area contributed by atoms with E-state index >= 15 is 0 Å². The van der Waals surface area contributed by atoms with E-state index in [9.17, 15) is 5.26 Å². The Morgan fingerprint density at radius 1 is 1.28 bits per heavy atom. The van der Waals surface area contributed by atoms with Crippen LogP contribution in [0.3, 0.4) is 0 Å².